The van der Waals surface area contributed by atoms with Gasteiger partial charge in [-0.3, -0.25) is 14.6 Å². The molecular weight excluding hydrogens is 368 g/mol. The first-order chi connectivity index (χ1) is 13.0. The number of methoxy groups -OCH3 is 1. The van der Waals surface area contributed by atoms with Crippen LogP contribution in [-0.2, 0) is 16.1 Å². The van der Waals surface area contributed by atoms with Crippen LogP contribution >= 0.6 is 11.6 Å². The van der Waals surface area contributed by atoms with Crippen molar-refractivity contribution in [2.75, 3.05) is 12.0 Å². The highest BCUT2D eigenvalue weighted by Crippen LogP contribution is 2.35. The molecule has 27 heavy (non-hydrogen) atoms. The second kappa shape index (κ2) is 6.66. The average molecular weight is 385 g/mol. The lowest BCUT2D eigenvalue weighted by Crippen LogP contribution is -2.39. The minimum atomic E-state index is -0.830. The summed E-state index contributed by atoms with van der Waals surface area (Å²) >= 11 is 6.15. The number of halogens is 1. The van der Waals surface area contributed by atoms with Gasteiger partial charge in [0.15, 0.2) is 12.1 Å². The molecule has 2 aromatic carbocycles. The van der Waals surface area contributed by atoms with Gasteiger partial charge in [0.1, 0.15) is 5.75 Å². The number of imide groups is 1. The Morgan fingerprint density at radius 3 is 2.67 bits per heavy atom. The molecule has 1 saturated heterocycles. The second-order valence-corrected chi connectivity index (χ2v) is 6.92. The highest BCUT2D eigenvalue weighted by molar-refractivity contribution is 6.33. The predicted molar refractivity (Wildman–Crippen MR) is 99.7 cm³/mol. The minimum Gasteiger partial charge on any atom is -0.495 e. The lowest BCUT2D eigenvalue weighted by molar-refractivity contribution is -0.123. The third kappa shape index (κ3) is 2.94. The zero-order chi connectivity index (χ0) is 19.1. The van der Waals surface area contributed by atoms with E-state index >= 15 is 0 Å². The molecule has 2 atom stereocenters. The maximum absolute atomic E-state index is 13.0. The molecule has 0 radical (unpaired) electrons. The Bertz CT molecular complexity index is 962. The lowest BCUT2D eigenvalue weighted by atomic mass is 10.1. The van der Waals surface area contributed by atoms with Crippen molar-refractivity contribution in [1.82, 2.24) is 5.01 Å². The summed E-state index contributed by atoms with van der Waals surface area (Å²) in [5.74, 6) is -0.286. The molecule has 0 aliphatic carbocycles. The molecule has 4 rings (SSSR count). The molecule has 0 N–H and O–H groups in total. The van der Waals surface area contributed by atoms with E-state index in [-0.39, 0.29) is 5.91 Å². The van der Waals surface area contributed by atoms with Crippen LogP contribution in [0, 0.1) is 6.92 Å². The van der Waals surface area contributed by atoms with Crippen molar-refractivity contribution in [3.63, 3.8) is 0 Å². The Balaban J connectivity index is 1.61. The van der Waals surface area contributed by atoms with Crippen LogP contribution in [0.5, 0.6) is 5.75 Å². The zero-order valence-electron chi connectivity index (χ0n) is 14.8. The van der Waals surface area contributed by atoms with Gasteiger partial charge < -0.3 is 4.74 Å². The summed E-state index contributed by atoms with van der Waals surface area (Å²) in [6.07, 6.45) is 0. The van der Waals surface area contributed by atoms with Crippen LogP contribution in [0.2, 0.25) is 5.02 Å². The van der Waals surface area contributed by atoms with Crippen LogP contribution in [0.1, 0.15) is 11.1 Å². The summed E-state index contributed by atoms with van der Waals surface area (Å²) in [6.45, 7) is 2.40. The van der Waals surface area contributed by atoms with Gasteiger partial charge in [-0.15, -0.1) is 0 Å². The van der Waals surface area contributed by atoms with E-state index in [2.05, 4.69) is 10.3 Å². The summed E-state index contributed by atoms with van der Waals surface area (Å²) in [5.41, 5.74) is 2.51. The van der Waals surface area contributed by atoms with Gasteiger partial charge in [0.2, 0.25) is 0 Å². The van der Waals surface area contributed by atoms with Crippen LogP contribution in [0.3, 0.4) is 0 Å². The van der Waals surface area contributed by atoms with E-state index in [1.165, 1.54) is 7.11 Å². The third-order valence-corrected chi connectivity index (χ3v) is 4.97. The van der Waals surface area contributed by atoms with Gasteiger partial charge in [0.05, 0.1) is 24.4 Å². The number of ether oxygens (including phenoxy) is 1. The number of amides is 2. The topological polar surface area (TPSA) is 74.6 Å². The molecule has 2 heterocycles. The number of rotatable bonds is 4. The van der Waals surface area contributed by atoms with Crippen molar-refractivity contribution in [2.45, 2.75) is 25.6 Å². The molecule has 7 nitrogen and oxygen atoms in total. The van der Waals surface area contributed by atoms with Crippen molar-refractivity contribution in [3.8, 4) is 5.75 Å². The van der Waals surface area contributed by atoms with E-state index in [4.69, 9.17) is 16.3 Å². The number of benzene rings is 2. The summed E-state index contributed by atoms with van der Waals surface area (Å²) < 4.78 is 5.12. The number of carbonyl (C=O) groups is 2. The Morgan fingerprint density at radius 1 is 1.15 bits per heavy atom. The second-order valence-electron chi connectivity index (χ2n) is 6.51. The third-order valence-electron chi connectivity index (χ3n) is 4.68. The number of aryl methyl sites for hydroxylation is 1. The number of carbonyl (C=O) groups excluding carboxylic acids is 2. The Labute approximate surface area is 161 Å². The molecular formula is C19H17ClN4O3. The van der Waals surface area contributed by atoms with Crippen LogP contribution in [0.4, 0.5) is 5.69 Å². The van der Waals surface area contributed by atoms with Crippen molar-refractivity contribution in [1.29, 1.82) is 0 Å². The van der Waals surface area contributed by atoms with E-state index in [1.807, 2.05) is 31.2 Å². The van der Waals surface area contributed by atoms with Crippen LogP contribution in [0.15, 0.2) is 52.8 Å². The van der Waals surface area contributed by atoms with Crippen molar-refractivity contribution in [2.24, 2.45) is 10.3 Å². The fourth-order valence-corrected chi connectivity index (χ4v) is 3.65. The minimum absolute atomic E-state index is 0.325. The molecule has 2 amide bonds. The first kappa shape index (κ1) is 17.5. The largest absolute Gasteiger partial charge is 0.495 e. The Morgan fingerprint density at radius 2 is 1.96 bits per heavy atom. The standard InChI is InChI=1S/C19H17ClN4O3/c1-11-4-3-5-12(8-11)10-23-17-16(21-22-23)18(25)24(19(17)26)13-6-7-15(27-2)14(20)9-13/h3-9,16-17H,10H2,1-2H3/t16-,17+/m0/s1. The first-order valence-corrected chi connectivity index (χ1v) is 8.81. The van der Waals surface area contributed by atoms with Gasteiger partial charge in [-0.25, -0.2) is 4.90 Å². The van der Waals surface area contributed by atoms with Gasteiger partial charge in [-0.05, 0) is 30.7 Å². The van der Waals surface area contributed by atoms with Crippen LogP contribution < -0.4 is 9.64 Å². The van der Waals surface area contributed by atoms with Gasteiger partial charge >= 0.3 is 0 Å². The Kier molecular flexibility index (Phi) is 4.31. The number of anilines is 1. The average Bonchev–Trinajstić information content (AvgIpc) is 3.15. The summed E-state index contributed by atoms with van der Waals surface area (Å²) in [5, 5.41) is 10.0. The molecule has 0 saturated carbocycles. The number of fused-ring (bicyclic) bond motifs is 1. The van der Waals surface area contributed by atoms with Gasteiger partial charge in [0.25, 0.3) is 11.8 Å². The summed E-state index contributed by atoms with van der Waals surface area (Å²) in [6, 6.07) is 11.1. The molecule has 2 aliphatic heterocycles. The zero-order valence-corrected chi connectivity index (χ0v) is 15.6. The molecule has 0 spiro atoms. The van der Waals surface area contributed by atoms with E-state index in [9.17, 15) is 9.59 Å². The predicted octanol–water partition coefficient (Wildman–Crippen LogP) is 3.15. The van der Waals surface area contributed by atoms with Gasteiger partial charge in [-0.1, -0.05) is 46.7 Å². The van der Waals surface area contributed by atoms with Crippen molar-refractivity contribution >= 4 is 29.1 Å². The SMILES string of the molecule is COc1ccc(N2C(=O)[C@H]3N=NN(Cc4cccc(C)c4)[C@H]3C2=O)cc1Cl. The van der Waals surface area contributed by atoms with Gasteiger partial charge in [0, 0.05) is 0 Å². The van der Waals surface area contributed by atoms with Crippen molar-refractivity contribution in [3.05, 3.63) is 58.6 Å². The van der Waals surface area contributed by atoms with E-state index < -0.39 is 18.0 Å². The maximum Gasteiger partial charge on any atom is 0.263 e. The maximum atomic E-state index is 13.0. The smallest absolute Gasteiger partial charge is 0.263 e. The van der Waals surface area contributed by atoms with Crippen LogP contribution in [-0.4, -0.2) is 36.0 Å². The van der Waals surface area contributed by atoms with Crippen LogP contribution in [0.25, 0.3) is 0 Å². The molecule has 0 unspecified atom stereocenters. The molecule has 138 valence electrons. The Hall–Kier alpha value is -2.93. The molecule has 8 heteroatoms. The highest BCUT2D eigenvalue weighted by atomic mass is 35.5. The molecule has 0 aromatic heterocycles. The highest BCUT2D eigenvalue weighted by Gasteiger charge is 2.54. The summed E-state index contributed by atoms with van der Waals surface area (Å²) in [4.78, 5) is 26.9. The lowest BCUT2D eigenvalue weighted by Gasteiger charge is -2.21. The quantitative estimate of drug-likeness (QED) is 0.759. The molecule has 2 aliphatic rings. The van der Waals surface area contributed by atoms with Crippen molar-refractivity contribution < 1.29 is 14.3 Å². The number of hydrogen-bond acceptors (Lipinski definition) is 6. The molecule has 0 bridgehead atoms. The van der Waals surface area contributed by atoms with E-state index in [0.717, 1.165) is 16.0 Å². The van der Waals surface area contributed by atoms with E-state index in [1.54, 1.807) is 23.2 Å². The first-order valence-electron chi connectivity index (χ1n) is 8.44. The molecule has 1 fully saturated rings. The molecule has 2 aromatic rings. The fourth-order valence-electron chi connectivity index (χ4n) is 3.40. The van der Waals surface area contributed by atoms with Gasteiger partial charge in [-0.2, -0.15) is 5.11 Å². The van der Waals surface area contributed by atoms with E-state index in [0.29, 0.717) is 23.0 Å². The monoisotopic (exact) mass is 384 g/mol. The number of nitrogens with zero attached hydrogens (tertiary/aromatic N) is 4. The number of hydrogen-bond donors (Lipinski definition) is 0. The fraction of sp³-hybridized carbons (Fsp3) is 0.263. The normalized spacial score (nSPS) is 21.1. The summed E-state index contributed by atoms with van der Waals surface area (Å²) in [7, 11) is 1.50.